The average Bonchev–Trinajstić information content (AvgIpc) is 2.84. The first-order valence-electron chi connectivity index (χ1n) is 9.71. The van der Waals surface area contributed by atoms with Crippen LogP contribution < -0.4 is 0 Å². The predicted molar refractivity (Wildman–Crippen MR) is 92.7 cm³/mol. The molecule has 3 fully saturated rings. The van der Waals surface area contributed by atoms with E-state index in [1.54, 1.807) is 0 Å². The van der Waals surface area contributed by atoms with Crippen LogP contribution in [0.1, 0.15) is 65.7 Å². The van der Waals surface area contributed by atoms with Gasteiger partial charge in [-0.3, -0.25) is 14.4 Å². The molecule has 0 spiro atoms. The SMILES string of the molecule is CC(=O)OC1CC[C@@]2(C)C(=CC(=O)C3C2CC[C@]2(C)C(=O)CCC32)C1. The maximum Gasteiger partial charge on any atom is 0.302 e. The van der Waals surface area contributed by atoms with Crippen LogP contribution in [0.15, 0.2) is 11.6 Å². The van der Waals surface area contributed by atoms with Crippen molar-refractivity contribution in [3.8, 4) is 0 Å². The van der Waals surface area contributed by atoms with E-state index < -0.39 is 0 Å². The molecule has 0 radical (unpaired) electrons. The fourth-order valence-corrected chi connectivity index (χ4v) is 6.48. The van der Waals surface area contributed by atoms with Gasteiger partial charge in [0.1, 0.15) is 11.9 Å². The molecule has 4 heteroatoms. The Balaban J connectivity index is 1.67. The van der Waals surface area contributed by atoms with E-state index in [9.17, 15) is 14.4 Å². The van der Waals surface area contributed by atoms with E-state index in [-0.39, 0.29) is 40.5 Å². The van der Waals surface area contributed by atoms with Crippen LogP contribution in [0.3, 0.4) is 0 Å². The summed E-state index contributed by atoms with van der Waals surface area (Å²) in [7, 11) is 0. The van der Waals surface area contributed by atoms with Crippen molar-refractivity contribution in [3.63, 3.8) is 0 Å². The molecular formula is C21H28O4. The lowest BCUT2D eigenvalue weighted by Crippen LogP contribution is -2.53. The van der Waals surface area contributed by atoms with Gasteiger partial charge in [-0.2, -0.15) is 0 Å². The largest absolute Gasteiger partial charge is 0.462 e. The third kappa shape index (κ3) is 2.36. The zero-order chi connectivity index (χ0) is 18.0. The van der Waals surface area contributed by atoms with Crippen molar-refractivity contribution in [1.82, 2.24) is 0 Å². The number of allylic oxidation sites excluding steroid dienone is 1. The number of ether oxygens (including phenoxy) is 1. The van der Waals surface area contributed by atoms with Gasteiger partial charge in [0.2, 0.25) is 0 Å². The highest BCUT2D eigenvalue weighted by atomic mass is 16.5. The smallest absolute Gasteiger partial charge is 0.302 e. The minimum absolute atomic E-state index is 0.00391. The highest BCUT2D eigenvalue weighted by Crippen LogP contribution is 2.63. The number of esters is 1. The lowest BCUT2D eigenvalue weighted by Gasteiger charge is -2.55. The average molecular weight is 344 g/mol. The molecular weight excluding hydrogens is 316 g/mol. The number of hydrogen-bond donors (Lipinski definition) is 0. The van der Waals surface area contributed by atoms with Crippen molar-refractivity contribution >= 4 is 17.5 Å². The fourth-order valence-electron chi connectivity index (χ4n) is 6.48. The molecule has 4 rings (SSSR count). The summed E-state index contributed by atoms with van der Waals surface area (Å²) in [4.78, 5) is 36.8. The van der Waals surface area contributed by atoms with Gasteiger partial charge in [-0.05, 0) is 55.4 Å². The first kappa shape index (κ1) is 17.0. The third-order valence-corrected chi connectivity index (χ3v) is 7.94. The van der Waals surface area contributed by atoms with E-state index in [4.69, 9.17) is 4.74 Å². The van der Waals surface area contributed by atoms with Crippen LogP contribution in [-0.4, -0.2) is 23.6 Å². The maximum absolute atomic E-state index is 13.1. The van der Waals surface area contributed by atoms with E-state index in [2.05, 4.69) is 13.8 Å². The summed E-state index contributed by atoms with van der Waals surface area (Å²) in [5.41, 5.74) is 0.902. The summed E-state index contributed by atoms with van der Waals surface area (Å²) in [5, 5.41) is 0. The molecule has 3 saturated carbocycles. The van der Waals surface area contributed by atoms with Crippen LogP contribution in [0.5, 0.6) is 0 Å². The molecule has 0 heterocycles. The topological polar surface area (TPSA) is 60.4 Å². The first-order valence-corrected chi connectivity index (χ1v) is 9.71. The third-order valence-electron chi connectivity index (χ3n) is 7.94. The van der Waals surface area contributed by atoms with Gasteiger partial charge in [-0.25, -0.2) is 0 Å². The van der Waals surface area contributed by atoms with Gasteiger partial charge in [-0.1, -0.05) is 19.4 Å². The van der Waals surface area contributed by atoms with Crippen molar-refractivity contribution in [3.05, 3.63) is 11.6 Å². The molecule has 0 N–H and O–H groups in total. The first-order chi connectivity index (χ1) is 11.8. The van der Waals surface area contributed by atoms with Crippen molar-refractivity contribution < 1.29 is 19.1 Å². The van der Waals surface area contributed by atoms with E-state index in [1.165, 1.54) is 12.5 Å². The summed E-state index contributed by atoms with van der Waals surface area (Å²) in [5.74, 6) is 0.888. The number of ketones is 2. The standard InChI is InChI=1S/C21H28O4/c1-12(22)25-14-6-8-20(2)13(10-14)11-17(23)19-15-4-5-18(24)21(15,3)9-7-16(19)20/h11,14-16,19H,4-10H2,1-3H3/t14?,15?,16?,19?,20-,21-/m0/s1. The normalized spacial score (nSPS) is 46.0. The molecule has 25 heavy (non-hydrogen) atoms. The zero-order valence-corrected chi connectivity index (χ0v) is 15.5. The predicted octanol–water partition coefficient (Wildman–Crippen LogP) is 3.63. The quantitative estimate of drug-likeness (QED) is 0.682. The molecule has 0 saturated heterocycles. The summed E-state index contributed by atoms with van der Waals surface area (Å²) >= 11 is 0. The molecule has 4 aliphatic rings. The Labute approximate surface area is 149 Å². The lowest BCUT2D eigenvalue weighted by molar-refractivity contribution is -0.149. The number of Topliss-reactive ketones (excluding diaryl/α,β-unsaturated/α-hetero) is 1. The van der Waals surface area contributed by atoms with Crippen LogP contribution in [0.25, 0.3) is 0 Å². The molecule has 0 aromatic rings. The van der Waals surface area contributed by atoms with Gasteiger partial charge in [0, 0.05) is 31.1 Å². The minimum atomic E-state index is -0.284. The Morgan fingerprint density at radius 1 is 1.08 bits per heavy atom. The Kier molecular flexibility index (Phi) is 3.75. The highest BCUT2D eigenvalue weighted by molar-refractivity contribution is 5.96. The molecule has 6 atom stereocenters. The van der Waals surface area contributed by atoms with Gasteiger partial charge in [0.25, 0.3) is 0 Å². The summed E-state index contributed by atoms with van der Waals surface area (Å²) in [6, 6.07) is 0. The fraction of sp³-hybridized carbons (Fsp3) is 0.762. The molecule has 0 amide bonds. The van der Waals surface area contributed by atoms with Crippen LogP contribution in [0.4, 0.5) is 0 Å². The summed E-state index contributed by atoms with van der Waals surface area (Å²) < 4.78 is 5.42. The Morgan fingerprint density at radius 2 is 1.76 bits per heavy atom. The molecule has 0 aromatic carbocycles. The van der Waals surface area contributed by atoms with Crippen molar-refractivity contribution in [2.75, 3.05) is 0 Å². The molecule has 4 nitrogen and oxygen atoms in total. The van der Waals surface area contributed by atoms with E-state index >= 15 is 0 Å². The molecule has 136 valence electrons. The van der Waals surface area contributed by atoms with Gasteiger partial charge in [0.15, 0.2) is 5.78 Å². The number of carbonyl (C=O) groups excluding carboxylic acids is 3. The molecule has 0 aromatic heterocycles. The van der Waals surface area contributed by atoms with Crippen LogP contribution in [0.2, 0.25) is 0 Å². The Morgan fingerprint density at radius 3 is 2.48 bits per heavy atom. The van der Waals surface area contributed by atoms with E-state index in [0.29, 0.717) is 24.5 Å². The monoisotopic (exact) mass is 344 g/mol. The number of fused-ring (bicyclic) bond motifs is 5. The van der Waals surface area contributed by atoms with E-state index in [1.807, 2.05) is 6.08 Å². The Hall–Kier alpha value is -1.45. The van der Waals surface area contributed by atoms with Gasteiger partial charge >= 0.3 is 5.97 Å². The van der Waals surface area contributed by atoms with Crippen molar-refractivity contribution in [1.29, 1.82) is 0 Å². The number of rotatable bonds is 1. The molecule has 4 unspecified atom stereocenters. The van der Waals surface area contributed by atoms with Crippen molar-refractivity contribution in [2.24, 2.45) is 28.6 Å². The van der Waals surface area contributed by atoms with Gasteiger partial charge in [-0.15, -0.1) is 0 Å². The van der Waals surface area contributed by atoms with Crippen LogP contribution >= 0.6 is 0 Å². The van der Waals surface area contributed by atoms with Crippen molar-refractivity contribution in [2.45, 2.75) is 71.8 Å². The summed E-state index contributed by atoms with van der Waals surface area (Å²) in [6.07, 6.45) is 7.66. The van der Waals surface area contributed by atoms with Gasteiger partial charge in [0.05, 0.1) is 0 Å². The van der Waals surface area contributed by atoms with E-state index in [0.717, 1.165) is 32.1 Å². The molecule has 0 bridgehead atoms. The molecule has 4 aliphatic carbocycles. The maximum atomic E-state index is 13.1. The minimum Gasteiger partial charge on any atom is -0.462 e. The highest BCUT2D eigenvalue weighted by Gasteiger charge is 2.61. The van der Waals surface area contributed by atoms with Crippen LogP contribution in [-0.2, 0) is 19.1 Å². The second-order valence-corrected chi connectivity index (χ2v) is 9.12. The van der Waals surface area contributed by atoms with Crippen LogP contribution in [0, 0.1) is 28.6 Å². The zero-order valence-electron chi connectivity index (χ0n) is 15.5. The van der Waals surface area contributed by atoms with Gasteiger partial charge < -0.3 is 4.74 Å². The summed E-state index contributed by atoms with van der Waals surface area (Å²) in [6.45, 7) is 5.84. The molecule has 0 aliphatic heterocycles. The second-order valence-electron chi connectivity index (χ2n) is 9.12. The number of hydrogen-bond acceptors (Lipinski definition) is 4. The number of carbonyl (C=O) groups is 3. The lowest BCUT2D eigenvalue weighted by atomic mass is 9.48. The second kappa shape index (κ2) is 5.52. The Bertz CT molecular complexity index is 677.